The number of halogens is 3. The minimum atomic E-state index is -5.08. The summed E-state index contributed by atoms with van der Waals surface area (Å²) in [5.74, 6) is -0.224. The number of quaternary nitrogens is 1. The van der Waals surface area contributed by atoms with E-state index >= 15 is 0 Å². The first-order valence-electron chi connectivity index (χ1n) is 5.74. The summed E-state index contributed by atoms with van der Waals surface area (Å²) in [7, 11) is -0.538. The van der Waals surface area contributed by atoms with E-state index in [1.807, 2.05) is 6.92 Å². The van der Waals surface area contributed by atoms with Gasteiger partial charge in [0.1, 0.15) is 0 Å². The van der Waals surface area contributed by atoms with Crippen LogP contribution in [-0.2, 0) is 15.6 Å². The predicted molar refractivity (Wildman–Crippen MR) is 61.6 cm³/mol. The van der Waals surface area contributed by atoms with E-state index in [9.17, 15) is 17.4 Å². The van der Waals surface area contributed by atoms with E-state index in [0.29, 0.717) is 0 Å². The van der Waals surface area contributed by atoms with Crippen molar-refractivity contribution in [3.63, 3.8) is 0 Å². The third kappa shape index (κ3) is 8.46. The molecule has 0 amide bonds. The first-order valence-corrected chi connectivity index (χ1v) is 7.23. The van der Waals surface area contributed by atoms with E-state index in [1.54, 1.807) is 0 Å². The Morgan fingerprint density at radius 3 is 2.17 bits per heavy atom. The largest absolute Gasteiger partial charge is 0.490 e. The van der Waals surface area contributed by atoms with Crippen LogP contribution in [0, 0.1) is 5.92 Å². The van der Waals surface area contributed by atoms with Gasteiger partial charge in [-0.05, 0) is 5.92 Å². The average Bonchev–Trinajstić information content (AvgIpc) is 2.29. The number of carboxylic acid groups (broad SMARTS) is 1. The number of nitrogens with two attached hydrogens (primary N) is 1. The van der Waals surface area contributed by atoms with Gasteiger partial charge in [-0.25, -0.2) is 4.79 Å². The molecule has 1 rings (SSSR count). The lowest BCUT2D eigenvalue weighted by atomic mass is 10.0. The molecule has 1 fully saturated rings. The minimum Gasteiger partial charge on any atom is -0.475 e. The summed E-state index contributed by atoms with van der Waals surface area (Å²) in [6.45, 7) is 4.49. The van der Waals surface area contributed by atoms with Gasteiger partial charge in [-0.15, -0.1) is 0 Å². The molecule has 1 heterocycles. The number of alkyl halides is 3. The van der Waals surface area contributed by atoms with E-state index in [4.69, 9.17) is 9.90 Å². The third-order valence-corrected chi connectivity index (χ3v) is 4.03. The lowest BCUT2D eigenvalue weighted by Gasteiger charge is -2.19. The highest BCUT2D eigenvalue weighted by atomic mass is 32.2. The lowest BCUT2D eigenvalue weighted by molar-refractivity contribution is -0.664. The van der Waals surface area contributed by atoms with Gasteiger partial charge >= 0.3 is 12.1 Å². The Morgan fingerprint density at radius 1 is 1.39 bits per heavy atom. The normalized spacial score (nSPS) is 18.7. The van der Waals surface area contributed by atoms with Gasteiger partial charge in [-0.1, -0.05) is 6.92 Å². The number of aliphatic carboxylic acids is 1. The topological polar surface area (TPSA) is 71.0 Å². The van der Waals surface area contributed by atoms with Crippen LogP contribution < -0.4 is 5.32 Å². The van der Waals surface area contributed by atoms with E-state index in [-0.39, 0.29) is 0 Å². The Kier molecular flexibility index (Phi) is 8.17. The summed E-state index contributed by atoms with van der Waals surface area (Å²) in [5, 5.41) is 9.48. The zero-order chi connectivity index (χ0) is 14.2. The Labute approximate surface area is 106 Å². The maximum Gasteiger partial charge on any atom is 0.490 e. The van der Waals surface area contributed by atoms with Crippen LogP contribution in [0.2, 0.25) is 0 Å². The molecule has 18 heavy (non-hydrogen) atoms. The van der Waals surface area contributed by atoms with Gasteiger partial charge in [0.25, 0.3) is 0 Å². The predicted octanol–water partition coefficient (Wildman–Crippen LogP) is 0.362. The summed E-state index contributed by atoms with van der Waals surface area (Å²) < 4.78 is 42.9. The molecule has 3 N–H and O–H groups in total. The number of piperidine rings is 1. The highest BCUT2D eigenvalue weighted by molar-refractivity contribution is 7.84. The molecule has 1 atom stereocenters. The Hall–Kier alpha value is -0.630. The molecule has 0 radical (unpaired) electrons. The second kappa shape index (κ2) is 8.47. The van der Waals surface area contributed by atoms with Crippen LogP contribution in [0.25, 0.3) is 0 Å². The zero-order valence-electron chi connectivity index (χ0n) is 10.2. The van der Waals surface area contributed by atoms with E-state index in [1.165, 1.54) is 25.9 Å². The van der Waals surface area contributed by atoms with E-state index in [0.717, 1.165) is 17.4 Å². The molecule has 0 saturated carbocycles. The van der Waals surface area contributed by atoms with Crippen LogP contribution in [0.5, 0.6) is 0 Å². The van der Waals surface area contributed by atoms with Gasteiger partial charge in [0, 0.05) is 35.1 Å². The van der Waals surface area contributed by atoms with Crippen LogP contribution in [0.15, 0.2) is 0 Å². The molecule has 4 nitrogen and oxygen atoms in total. The highest BCUT2D eigenvalue weighted by Crippen LogP contribution is 2.13. The molecule has 0 bridgehead atoms. The molecule has 108 valence electrons. The fraction of sp³-hybridized carbons (Fsp3) is 0.900. The van der Waals surface area contributed by atoms with Crippen LogP contribution in [0.1, 0.15) is 19.8 Å². The van der Waals surface area contributed by atoms with Gasteiger partial charge in [-0.2, -0.15) is 13.2 Å². The molecule has 1 aliphatic heterocycles. The van der Waals surface area contributed by atoms with Gasteiger partial charge in [0.15, 0.2) is 0 Å². The summed E-state index contributed by atoms with van der Waals surface area (Å²) >= 11 is 0. The molecule has 0 aromatic rings. The van der Waals surface area contributed by atoms with Crippen molar-refractivity contribution in [2.45, 2.75) is 25.9 Å². The number of carbonyl (C=O) groups is 1. The van der Waals surface area contributed by atoms with Gasteiger partial charge in [0.2, 0.25) is 0 Å². The first-order chi connectivity index (χ1) is 8.27. The summed E-state index contributed by atoms with van der Waals surface area (Å²) in [5.41, 5.74) is 0. The molecule has 1 unspecified atom stereocenters. The summed E-state index contributed by atoms with van der Waals surface area (Å²) in [6.07, 6.45) is -2.54. The molecule has 1 aliphatic rings. The standard InChI is InChI=1S/C8H17NOS.C2HF3O2/c1-2-11(10)7-8-3-5-9-6-4-8;3-2(4,5)1(6)7/h8-9H,2-7H2,1H3;(H,6,7)/p+1. The monoisotopic (exact) mass is 290 g/mol. The molecule has 8 heteroatoms. The summed E-state index contributed by atoms with van der Waals surface area (Å²) in [4.78, 5) is 8.90. The third-order valence-electron chi connectivity index (χ3n) is 2.54. The second-order valence-electron chi connectivity index (χ2n) is 4.01. The zero-order valence-corrected chi connectivity index (χ0v) is 11.0. The molecule has 0 aromatic carbocycles. The van der Waals surface area contributed by atoms with Crippen molar-refractivity contribution in [3.8, 4) is 0 Å². The molecule has 0 aromatic heterocycles. The van der Waals surface area contributed by atoms with Gasteiger partial charge in [-0.3, -0.25) is 4.21 Å². The maximum absolute atomic E-state index is 11.2. The number of hydrogen-bond donors (Lipinski definition) is 2. The molecule has 0 aliphatic carbocycles. The SMILES string of the molecule is CCS(=O)CC1CC[NH2+]CC1.O=C(O)C(F)(F)F. The minimum absolute atomic E-state index is 0.538. The van der Waals surface area contributed by atoms with Crippen LogP contribution in [-0.4, -0.2) is 46.1 Å². The Balaban J connectivity index is 0.000000360. The molecular weight excluding hydrogens is 271 g/mol. The van der Waals surface area contributed by atoms with Crippen molar-refractivity contribution < 1.29 is 32.6 Å². The van der Waals surface area contributed by atoms with E-state index in [2.05, 4.69) is 5.32 Å². The van der Waals surface area contributed by atoms with Gasteiger partial charge < -0.3 is 10.4 Å². The van der Waals surface area contributed by atoms with Crippen LogP contribution >= 0.6 is 0 Å². The lowest BCUT2D eigenvalue weighted by Crippen LogP contribution is -2.86. The molecule has 0 spiro atoms. The average molecular weight is 290 g/mol. The van der Waals surface area contributed by atoms with Crippen molar-refractivity contribution in [1.29, 1.82) is 0 Å². The van der Waals surface area contributed by atoms with Crippen molar-refractivity contribution in [1.82, 2.24) is 0 Å². The Bertz CT molecular complexity index is 278. The maximum atomic E-state index is 11.2. The number of hydrogen-bond acceptors (Lipinski definition) is 2. The van der Waals surface area contributed by atoms with Crippen molar-refractivity contribution >= 4 is 16.8 Å². The quantitative estimate of drug-likeness (QED) is 0.788. The number of carboxylic acids is 1. The van der Waals surface area contributed by atoms with Gasteiger partial charge in [0.05, 0.1) is 13.1 Å². The fourth-order valence-electron chi connectivity index (χ4n) is 1.54. The Morgan fingerprint density at radius 2 is 1.83 bits per heavy atom. The number of rotatable bonds is 3. The smallest absolute Gasteiger partial charge is 0.475 e. The highest BCUT2D eigenvalue weighted by Gasteiger charge is 2.38. The summed E-state index contributed by atoms with van der Waals surface area (Å²) in [6, 6.07) is 0. The van der Waals surface area contributed by atoms with Crippen molar-refractivity contribution in [2.24, 2.45) is 5.92 Å². The van der Waals surface area contributed by atoms with Crippen molar-refractivity contribution in [3.05, 3.63) is 0 Å². The fourth-order valence-corrected chi connectivity index (χ4v) is 2.64. The first kappa shape index (κ1) is 17.4. The van der Waals surface area contributed by atoms with Crippen LogP contribution in [0.3, 0.4) is 0 Å². The molecular formula is C10H19F3NO3S+. The van der Waals surface area contributed by atoms with Crippen molar-refractivity contribution in [2.75, 3.05) is 24.6 Å². The second-order valence-corrected chi connectivity index (χ2v) is 5.80. The van der Waals surface area contributed by atoms with E-state index < -0.39 is 22.9 Å². The molecule has 1 saturated heterocycles. The van der Waals surface area contributed by atoms with Crippen LogP contribution in [0.4, 0.5) is 13.2 Å².